The van der Waals surface area contributed by atoms with Gasteiger partial charge in [0.25, 0.3) is 6.01 Å². The second-order valence-electron chi connectivity index (χ2n) is 5.21. The monoisotopic (exact) mass is 370 g/mol. The molecule has 3 rings (SSSR count). The number of aromatic nitrogens is 1. The van der Waals surface area contributed by atoms with E-state index in [-0.39, 0.29) is 18.4 Å². The van der Waals surface area contributed by atoms with E-state index in [0.29, 0.717) is 35.8 Å². The van der Waals surface area contributed by atoms with E-state index in [4.69, 9.17) is 37.1 Å². The third-order valence-electron chi connectivity index (χ3n) is 3.63. The molecule has 0 N–H and O–H groups in total. The summed E-state index contributed by atoms with van der Waals surface area (Å²) in [4.78, 5) is 17.8. The van der Waals surface area contributed by atoms with Gasteiger partial charge in [-0.1, -0.05) is 29.3 Å². The summed E-state index contributed by atoms with van der Waals surface area (Å²) < 4.78 is 16.1. The van der Waals surface area contributed by atoms with E-state index in [1.54, 1.807) is 19.1 Å². The highest BCUT2D eigenvalue weighted by atomic mass is 35.5. The van der Waals surface area contributed by atoms with Crippen molar-refractivity contribution in [3.63, 3.8) is 0 Å². The summed E-state index contributed by atoms with van der Waals surface area (Å²) in [5.74, 6) is -0.498. The molecule has 0 saturated carbocycles. The van der Waals surface area contributed by atoms with E-state index in [2.05, 4.69) is 4.98 Å². The van der Waals surface area contributed by atoms with Gasteiger partial charge < -0.3 is 18.8 Å². The number of carbonyl (C=O) groups is 1. The number of morpholine rings is 1. The Kier molecular flexibility index (Phi) is 5.28. The van der Waals surface area contributed by atoms with Gasteiger partial charge in [0, 0.05) is 6.54 Å². The number of rotatable bonds is 4. The molecule has 1 atom stereocenters. The maximum absolute atomic E-state index is 11.7. The number of esters is 1. The third-order valence-corrected chi connectivity index (χ3v) is 4.37. The maximum atomic E-state index is 11.7. The van der Waals surface area contributed by atoms with E-state index in [1.165, 1.54) is 6.26 Å². The largest absolute Gasteiger partial charge is 0.461 e. The van der Waals surface area contributed by atoms with Crippen LogP contribution in [0.5, 0.6) is 0 Å². The average molecular weight is 371 g/mol. The molecule has 0 bridgehead atoms. The first kappa shape index (κ1) is 17.1. The first-order valence-electron chi connectivity index (χ1n) is 7.52. The molecule has 128 valence electrons. The van der Waals surface area contributed by atoms with Gasteiger partial charge in [0.1, 0.15) is 12.4 Å². The zero-order valence-electron chi connectivity index (χ0n) is 13.0. The van der Waals surface area contributed by atoms with Crippen LogP contribution < -0.4 is 4.90 Å². The molecule has 0 unspecified atom stereocenters. The summed E-state index contributed by atoms with van der Waals surface area (Å²) in [6.07, 6.45) is 1.11. The molecule has 24 heavy (non-hydrogen) atoms. The first-order valence-corrected chi connectivity index (χ1v) is 8.28. The molecular weight excluding hydrogens is 355 g/mol. The Morgan fingerprint density at radius 2 is 2.25 bits per heavy atom. The number of nitrogens with zero attached hydrogens (tertiary/aromatic N) is 2. The van der Waals surface area contributed by atoms with Gasteiger partial charge in [-0.2, -0.15) is 4.98 Å². The number of halogens is 2. The van der Waals surface area contributed by atoms with E-state index >= 15 is 0 Å². The fraction of sp³-hybridized carbons (Fsp3) is 0.375. The highest BCUT2D eigenvalue weighted by molar-refractivity contribution is 6.42. The summed E-state index contributed by atoms with van der Waals surface area (Å²) in [7, 11) is 0. The lowest BCUT2D eigenvalue weighted by Gasteiger charge is -2.32. The van der Waals surface area contributed by atoms with Crippen molar-refractivity contribution in [1.82, 2.24) is 4.98 Å². The molecule has 8 heteroatoms. The molecular formula is C16H16Cl2N2O4. The highest BCUT2D eigenvalue weighted by Gasteiger charge is 2.26. The van der Waals surface area contributed by atoms with Crippen molar-refractivity contribution in [3.05, 3.63) is 45.8 Å². The van der Waals surface area contributed by atoms with Crippen LogP contribution in [0.2, 0.25) is 10.0 Å². The summed E-state index contributed by atoms with van der Waals surface area (Å²) in [6, 6.07) is 5.77. The molecule has 1 saturated heterocycles. The molecule has 1 aliphatic heterocycles. The van der Waals surface area contributed by atoms with E-state index < -0.39 is 5.97 Å². The van der Waals surface area contributed by atoms with Crippen LogP contribution in [0.25, 0.3) is 0 Å². The van der Waals surface area contributed by atoms with E-state index in [0.717, 1.165) is 5.56 Å². The number of benzene rings is 1. The smallest absolute Gasteiger partial charge is 0.360 e. The summed E-state index contributed by atoms with van der Waals surface area (Å²) in [5.41, 5.74) is 1.08. The Labute approximate surface area is 149 Å². The fourth-order valence-electron chi connectivity index (χ4n) is 2.45. The van der Waals surface area contributed by atoms with Crippen molar-refractivity contribution in [1.29, 1.82) is 0 Å². The Hall–Kier alpha value is -1.76. The Bertz CT molecular complexity index is 735. The normalized spacial score (nSPS) is 17.8. The zero-order valence-corrected chi connectivity index (χ0v) is 14.5. The van der Waals surface area contributed by atoms with Gasteiger partial charge in [-0.15, -0.1) is 0 Å². The van der Waals surface area contributed by atoms with Crippen LogP contribution in [0.4, 0.5) is 6.01 Å². The summed E-state index contributed by atoms with van der Waals surface area (Å²) >= 11 is 12.0. The second-order valence-corrected chi connectivity index (χ2v) is 6.03. The lowest BCUT2D eigenvalue weighted by atomic mass is 10.1. The predicted molar refractivity (Wildman–Crippen MR) is 89.8 cm³/mol. The van der Waals surface area contributed by atoms with Crippen molar-refractivity contribution in [2.75, 3.05) is 31.2 Å². The summed E-state index contributed by atoms with van der Waals surface area (Å²) in [6.45, 7) is 3.67. The molecule has 1 aliphatic rings. The average Bonchev–Trinajstić information content (AvgIpc) is 3.08. The molecule has 6 nitrogen and oxygen atoms in total. The van der Waals surface area contributed by atoms with Crippen LogP contribution in [-0.2, 0) is 9.47 Å². The fourth-order valence-corrected chi connectivity index (χ4v) is 2.75. The number of anilines is 1. The lowest BCUT2D eigenvalue weighted by molar-refractivity contribution is 0.0380. The van der Waals surface area contributed by atoms with Crippen LogP contribution in [-0.4, -0.2) is 37.3 Å². The Morgan fingerprint density at radius 3 is 3.00 bits per heavy atom. The van der Waals surface area contributed by atoms with Crippen molar-refractivity contribution in [2.24, 2.45) is 0 Å². The Morgan fingerprint density at radius 1 is 1.42 bits per heavy atom. The minimum atomic E-state index is -0.498. The van der Waals surface area contributed by atoms with Crippen LogP contribution in [0.1, 0.15) is 29.1 Å². The van der Waals surface area contributed by atoms with Crippen molar-refractivity contribution in [3.8, 4) is 0 Å². The number of ether oxygens (including phenoxy) is 2. The van der Waals surface area contributed by atoms with Crippen molar-refractivity contribution >= 4 is 35.2 Å². The van der Waals surface area contributed by atoms with E-state index in [9.17, 15) is 4.79 Å². The van der Waals surface area contributed by atoms with Gasteiger partial charge in [-0.3, -0.25) is 0 Å². The van der Waals surface area contributed by atoms with Gasteiger partial charge in [-0.05, 0) is 24.6 Å². The molecule has 1 fully saturated rings. The molecule has 0 aliphatic carbocycles. The topological polar surface area (TPSA) is 64.8 Å². The van der Waals surface area contributed by atoms with Gasteiger partial charge in [0.15, 0.2) is 5.69 Å². The lowest BCUT2D eigenvalue weighted by Crippen LogP contribution is -2.38. The minimum absolute atomic E-state index is 0.157. The van der Waals surface area contributed by atoms with Crippen LogP contribution >= 0.6 is 23.2 Å². The van der Waals surface area contributed by atoms with Crippen molar-refractivity contribution in [2.45, 2.75) is 13.0 Å². The van der Waals surface area contributed by atoms with Crippen molar-refractivity contribution < 1.29 is 18.7 Å². The van der Waals surface area contributed by atoms with Crippen LogP contribution in [0.15, 0.2) is 28.9 Å². The number of hydrogen-bond donors (Lipinski definition) is 0. The molecule has 2 heterocycles. The molecule has 0 spiro atoms. The Balaban J connectivity index is 1.73. The molecule has 1 aromatic carbocycles. The molecule has 0 amide bonds. The molecule has 0 radical (unpaired) electrons. The summed E-state index contributed by atoms with van der Waals surface area (Å²) in [5, 5.41) is 0.982. The molecule has 2 aromatic rings. The van der Waals surface area contributed by atoms with Gasteiger partial charge in [0.05, 0.1) is 29.8 Å². The van der Waals surface area contributed by atoms with Gasteiger partial charge in [0.2, 0.25) is 0 Å². The number of carbonyl (C=O) groups excluding carboxylic acids is 1. The molecule has 1 aromatic heterocycles. The minimum Gasteiger partial charge on any atom is -0.461 e. The second kappa shape index (κ2) is 7.42. The number of hydrogen-bond acceptors (Lipinski definition) is 6. The SMILES string of the molecule is CCOC(=O)c1coc(N2CCO[C@@H](c3ccc(Cl)c(Cl)c3)C2)n1. The van der Waals surface area contributed by atoms with Gasteiger partial charge in [-0.25, -0.2) is 4.79 Å². The zero-order chi connectivity index (χ0) is 17.1. The predicted octanol–water partition coefficient (Wildman–Crippen LogP) is 3.74. The quantitative estimate of drug-likeness (QED) is 0.763. The third kappa shape index (κ3) is 3.66. The van der Waals surface area contributed by atoms with Gasteiger partial charge >= 0.3 is 5.97 Å². The standard InChI is InChI=1S/C16H16Cl2N2O4/c1-2-22-15(21)13-9-24-16(19-13)20-5-6-23-14(8-20)10-3-4-11(17)12(18)7-10/h3-4,7,9,14H,2,5-6,8H2,1H3/t14-/m1/s1. The van der Waals surface area contributed by atoms with Crippen LogP contribution in [0, 0.1) is 0 Å². The maximum Gasteiger partial charge on any atom is 0.360 e. The van der Waals surface area contributed by atoms with E-state index in [1.807, 2.05) is 11.0 Å². The highest BCUT2D eigenvalue weighted by Crippen LogP contribution is 2.30. The van der Waals surface area contributed by atoms with Crippen LogP contribution in [0.3, 0.4) is 0 Å². The first-order chi connectivity index (χ1) is 11.6. The number of oxazole rings is 1.